The van der Waals surface area contributed by atoms with Gasteiger partial charge in [-0.3, -0.25) is 4.79 Å². The Balaban J connectivity index is 2.48. The highest BCUT2D eigenvalue weighted by molar-refractivity contribution is 5.94. The van der Waals surface area contributed by atoms with E-state index in [-0.39, 0.29) is 5.78 Å². The van der Waals surface area contributed by atoms with Crippen LogP contribution in [0.4, 0.5) is 0 Å². The van der Waals surface area contributed by atoms with Crippen molar-refractivity contribution in [2.45, 2.75) is 19.8 Å². The predicted molar refractivity (Wildman–Crippen MR) is 53.8 cm³/mol. The number of carbonyl (C=O) groups is 1. The quantitative estimate of drug-likeness (QED) is 0.595. The van der Waals surface area contributed by atoms with Crippen LogP contribution < -0.4 is 0 Å². The number of hydrogen-bond acceptors (Lipinski definition) is 1. The first-order valence-corrected chi connectivity index (χ1v) is 4.58. The van der Waals surface area contributed by atoms with Crippen molar-refractivity contribution in [2.24, 2.45) is 0 Å². The van der Waals surface area contributed by atoms with Crippen molar-refractivity contribution in [3.8, 4) is 0 Å². The average molecular weight is 172 g/mol. The van der Waals surface area contributed by atoms with Gasteiger partial charge in [-0.25, -0.2) is 0 Å². The Labute approximate surface area is 78.1 Å². The number of aryl methyl sites for hydroxylation is 1. The van der Waals surface area contributed by atoms with E-state index in [1.54, 1.807) is 6.92 Å². The molecule has 1 aliphatic rings. The van der Waals surface area contributed by atoms with E-state index in [1.165, 1.54) is 11.1 Å². The predicted octanol–water partition coefficient (Wildman–Crippen LogP) is 2.85. The molecule has 1 aliphatic carbocycles. The Morgan fingerprint density at radius 2 is 2.23 bits per heavy atom. The molecule has 0 heterocycles. The fraction of sp³-hybridized carbons (Fsp3) is 0.250. The van der Waals surface area contributed by atoms with Crippen LogP contribution in [0.2, 0.25) is 0 Å². The van der Waals surface area contributed by atoms with Gasteiger partial charge in [0.2, 0.25) is 0 Å². The number of Topliss-reactive ketones (excluding diaryl/α,β-unsaturated/α-hetero) is 1. The molecule has 1 nitrogen and oxygen atoms in total. The number of benzene rings is 1. The van der Waals surface area contributed by atoms with Crippen molar-refractivity contribution in [2.75, 3.05) is 0 Å². The molecular weight excluding hydrogens is 160 g/mol. The molecule has 0 radical (unpaired) electrons. The van der Waals surface area contributed by atoms with Crippen LogP contribution in [0.1, 0.15) is 34.8 Å². The molecule has 1 aromatic carbocycles. The summed E-state index contributed by atoms with van der Waals surface area (Å²) in [6, 6.07) is 5.96. The average Bonchev–Trinajstić information content (AvgIpc) is 2.17. The lowest BCUT2D eigenvalue weighted by atomic mass is 9.95. The molecule has 1 aromatic rings. The Morgan fingerprint density at radius 3 is 3.00 bits per heavy atom. The monoisotopic (exact) mass is 172 g/mol. The molecule has 0 fully saturated rings. The highest BCUT2D eigenvalue weighted by Crippen LogP contribution is 2.20. The van der Waals surface area contributed by atoms with E-state index < -0.39 is 0 Å². The summed E-state index contributed by atoms with van der Waals surface area (Å²) in [5, 5.41) is 0. The van der Waals surface area contributed by atoms with Crippen LogP contribution >= 0.6 is 0 Å². The molecule has 0 saturated heterocycles. The van der Waals surface area contributed by atoms with E-state index in [1.807, 2.05) is 12.1 Å². The lowest BCUT2D eigenvalue weighted by Gasteiger charge is -2.10. The zero-order valence-electron chi connectivity index (χ0n) is 7.71. The van der Waals surface area contributed by atoms with Crippen LogP contribution in [0.15, 0.2) is 24.3 Å². The second-order valence-electron chi connectivity index (χ2n) is 3.41. The van der Waals surface area contributed by atoms with Crippen molar-refractivity contribution in [3.63, 3.8) is 0 Å². The van der Waals surface area contributed by atoms with Crippen molar-refractivity contribution in [1.29, 1.82) is 0 Å². The Hall–Kier alpha value is -1.37. The first-order chi connectivity index (χ1) is 6.27. The number of ketones is 1. The molecule has 0 saturated carbocycles. The maximum atomic E-state index is 11.1. The van der Waals surface area contributed by atoms with Crippen LogP contribution in [-0.4, -0.2) is 5.78 Å². The van der Waals surface area contributed by atoms with Gasteiger partial charge in [-0.1, -0.05) is 24.3 Å². The Kier molecular flexibility index (Phi) is 2.01. The fourth-order valence-electron chi connectivity index (χ4n) is 1.65. The van der Waals surface area contributed by atoms with E-state index >= 15 is 0 Å². The number of fused-ring (bicyclic) bond motifs is 1. The molecule has 0 unspecified atom stereocenters. The normalized spacial score (nSPS) is 13.9. The highest BCUT2D eigenvalue weighted by atomic mass is 16.1. The van der Waals surface area contributed by atoms with Gasteiger partial charge < -0.3 is 0 Å². The van der Waals surface area contributed by atoms with E-state index in [4.69, 9.17) is 0 Å². The zero-order valence-corrected chi connectivity index (χ0v) is 7.71. The molecule has 0 atom stereocenters. The number of allylic oxidation sites excluding steroid dienone is 1. The minimum atomic E-state index is 0.141. The molecule has 0 aliphatic heterocycles. The zero-order chi connectivity index (χ0) is 9.26. The first kappa shape index (κ1) is 8.24. The van der Waals surface area contributed by atoms with Crippen molar-refractivity contribution < 1.29 is 4.79 Å². The first-order valence-electron chi connectivity index (χ1n) is 4.58. The summed E-state index contributed by atoms with van der Waals surface area (Å²) in [6.45, 7) is 1.61. The van der Waals surface area contributed by atoms with Gasteiger partial charge in [0, 0.05) is 5.56 Å². The summed E-state index contributed by atoms with van der Waals surface area (Å²) in [7, 11) is 0. The number of hydrogen-bond donors (Lipinski definition) is 0. The SMILES string of the molecule is CC(=O)c1ccc2c(c1)C=CCC2. The van der Waals surface area contributed by atoms with Gasteiger partial charge in [0.15, 0.2) is 5.78 Å². The Morgan fingerprint density at radius 1 is 1.38 bits per heavy atom. The molecule has 0 bridgehead atoms. The second-order valence-corrected chi connectivity index (χ2v) is 3.41. The summed E-state index contributed by atoms with van der Waals surface area (Å²) >= 11 is 0. The van der Waals surface area contributed by atoms with E-state index in [2.05, 4.69) is 18.2 Å². The highest BCUT2D eigenvalue weighted by Gasteiger charge is 2.06. The van der Waals surface area contributed by atoms with Crippen molar-refractivity contribution >= 4 is 11.9 Å². The molecule has 1 heteroatoms. The lowest BCUT2D eigenvalue weighted by molar-refractivity contribution is 0.101. The van der Waals surface area contributed by atoms with Crippen LogP contribution in [0, 0.1) is 0 Å². The van der Waals surface area contributed by atoms with Gasteiger partial charge in [0.25, 0.3) is 0 Å². The van der Waals surface area contributed by atoms with E-state index in [0.29, 0.717) is 0 Å². The third kappa shape index (κ3) is 1.55. The summed E-state index contributed by atoms with van der Waals surface area (Å²) in [4.78, 5) is 11.1. The third-order valence-corrected chi connectivity index (χ3v) is 2.43. The van der Waals surface area contributed by atoms with Crippen LogP contribution in [0.25, 0.3) is 6.08 Å². The molecule has 2 rings (SSSR count). The molecule has 0 amide bonds. The molecule has 13 heavy (non-hydrogen) atoms. The van der Waals surface area contributed by atoms with Gasteiger partial charge in [0.1, 0.15) is 0 Å². The van der Waals surface area contributed by atoms with E-state index in [0.717, 1.165) is 18.4 Å². The minimum Gasteiger partial charge on any atom is -0.295 e. The summed E-state index contributed by atoms with van der Waals surface area (Å²) in [6.07, 6.45) is 6.48. The van der Waals surface area contributed by atoms with Gasteiger partial charge in [-0.05, 0) is 37.0 Å². The summed E-state index contributed by atoms with van der Waals surface area (Å²) in [5.41, 5.74) is 3.37. The van der Waals surface area contributed by atoms with Crippen LogP contribution in [-0.2, 0) is 6.42 Å². The smallest absolute Gasteiger partial charge is 0.159 e. The molecule has 0 spiro atoms. The largest absolute Gasteiger partial charge is 0.295 e. The Bertz CT molecular complexity index is 375. The summed E-state index contributed by atoms with van der Waals surface area (Å²) < 4.78 is 0. The van der Waals surface area contributed by atoms with Crippen molar-refractivity contribution in [3.05, 3.63) is 41.0 Å². The van der Waals surface area contributed by atoms with Crippen LogP contribution in [0.5, 0.6) is 0 Å². The van der Waals surface area contributed by atoms with E-state index in [9.17, 15) is 4.79 Å². The van der Waals surface area contributed by atoms with Gasteiger partial charge in [-0.15, -0.1) is 0 Å². The molecular formula is C12H12O. The van der Waals surface area contributed by atoms with Crippen LogP contribution in [0.3, 0.4) is 0 Å². The second kappa shape index (κ2) is 3.17. The number of rotatable bonds is 1. The third-order valence-electron chi connectivity index (χ3n) is 2.43. The number of carbonyl (C=O) groups excluding carboxylic acids is 1. The topological polar surface area (TPSA) is 17.1 Å². The maximum absolute atomic E-state index is 11.1. The van der Waals surface area contributed by atoms with Crippen molar-refractivity contribution in [1.82, 2.24) is 0 Å². The van der Waals surface area contributed by atoms with Gasteiger partial charge >= 0.3 is 0 Å². The van der Waals surface area contributed by atoms with Gasteiger partial charge in [-0.2, -0.15) is 0 Å². The molecule has 0 N–H and O–H groups in total. The standard InChI is InChI=1S/C12H12O/c1-9(13)11-7-6-10-4-2-3-5-12(10)8-11/h3,5-8H,2,4H2,1H3. The van der Waals surface area contributed by atoms with Gasteiger partial charge in [0.05, 0.1) is 0 Å². The fourth-order valence-corrected chi connectivity index (χ4v) is 1.65. The maximum Gasteiger partial charge on any atom is 0.159 e. The molecule has 0 aromatic heterocycles. The lowest BCUT2D eigenvalue weighted by Crippen LogP contribution is -1.98. The molecule has 66 valence electrons. The summed E-state index contributed by atoms with van der Waals surface area (Å²) in [5.74, 6) is 0.141. The minimum absolute atomic E-state index is 0.141.